The van der Waals surface area contributed by atoms with Gasteiger partial charge < -0.3 is 9.30 Å². The van der Waals surface area contributed by atoms with Crippen LogP contribution in [0.15, 0.2) is 84.0 Å². The van der Waals surface area contributed by atoms with E-state index in [1.807, 2.05) is 47.2 Å². The van der Waals surface area contributed by atoms with Crippen LogP contribution in [0.25, 0.3) is 0 Å². The predicted octanol–water partition coefficient (Wildman–Crippen LogP) is 3.88. The van der Waals surface area contributed by atoms with Gasteiger partial charge in [-0.05, 0) is 35.9 Å². The molecule has 1 aromatic heterocycles. The minimum atomic E-state index is -2.94. The van der Waals surface area contributed by atoms with Gasteiger partial charge in [0.05, 0.1) is 0 Å². The SMILES string of the molecule is O=C(N=c1ccccn1Cc1ccccc1)c1cccc(OC(F)F)c1. The van der Waals surface area contributed by atoms with E-state index in [4.69, 9.17) is 0 Å². The number of rotatable bonds is 5. The summed E-state index contributed by atoms with van der Waals surface area (Å²) in [7, 11) is 0. The summed E-state index contributed by atoms with van der Waals surface area (Å²) in [5.74, 6) is -0.607. The van der Waals surface area contributed by atoms with Crippen molar-refractivity contribution in [3.05, 3.63) is 95.6 Å². The van der Waals surface area contributed by atoms with E-state index in [-0.39, 0.29) is 11.3 Å². The zero-order valence-electron chi connectivity index (χ0n) is 13.8. The van der Waals surface area contributed by atoms with E-state index in [1.165, 1.54) is 24.3 Å². The van der Waals surface area contributed by atoms with Crippen LogP contribution in [-0.2, 0) is 6.54 Å². The largest absolute Gasteiger partial charge is 0.435 e. The minimum absolute atomic E-state index is 0.0775. The number of aromatic nitrogens is 1. The number of hydrogen-bond acceptors (Lipinski definition) is 2. The second-order valence-electron chi connectivity index (χ2n) is 5.50. The number of hydrogen-bond donors (Lipinski definition) is 0. The molecule has 2 aromatic carbocycles. The van der Waals surface area contributed by atoms with Crippen molar-refractivity contribution >= 4 is 5.91 Å². The Morgan fingerprint density at radius 3 is 2.54 bits per heavy atom. The quantitative estimate of drug-likeness (QED) is 0.698. The van der Waals surface area contributed by atoms with Gasteiger partial charge in [0, 0.05) is 18.3 Å². The summed E-state index contributed by atoms with van der Waals surface area (Å²) in [6.45, 7) is -2.39. The number of ether oxygens (including phenoxy) is 1. The summed E-state index contributed by atoms with van der Waals surface area (Å²) in [6.07, 6.45) is 1.83. The molecule has 26 heavy (non-hydrogen) atoms. The summed E-state index contributed by atoms with van der Waals surface area (Å²) >= 11 is 0. The van der Waals surface area contributed by atoms with Gasteiger partial charge in [-0.2, -0.15) is 13.8 Å². The van der Waals surface area contributed by atoms with Crippen molar-refractivity contribution in [1.82, 2.24) is 4.57 Å². The van der Waals surface area contributed by atoms with Crippen LogP contribution in [0, 0.1) is 0 Å². The first kappa shape index (κ1) is 17.5. The third kappa shape index (κ3) is 4.63. The Bertz CT molecular complexity index is 953. The fraction of sp³-hybridized carbons (Fsp3) is 0.100. The van der Waals surface area contributed by atoms with Gasteiger partial charge in [0.25, 0.3) is 5.91 Å². The average Bonchev–Trinajstić information content (AvgIpc) is 2.64. The Hall–Kier alpha value is -3.28. The Kier molecular flexibility index (Phi) is 5.53. The number of pyridine rings is 1. The van der Waals surface area contributed by atoms with Crippen LogP contribution in [-0.4, -0.2) is 17.1 Å². The molecule has 0 N–H and O–H groups in total. The molecule has 0 aliphatic heterocycles. The van der Waals surface area contributed by atoms with Gasteiger partial charge in [0.2, 0.25) is 0 Å². The monoisotopic (exact) mass is 354 g/mol. The molecule has 1 amide bonds. The number of nitrogens with zero attached hydrogens (tertiary/aromatic N) is 2. The molecule has 0 unspecified atom stereocenters. The number of alkyl halides is 2. The first-order valence-corrected chi connectivity index (χ1v) is 7.95. The smallest absolute Gasteiger partial charge is 0.387 e. The first-order valence-electron chi connectivity index (χ1n) is 7.95. The van der Waals surface area contributed by atoms with E-state index in [9.17, 15) is 13.6 Å². The topological polar surface area (TPSA) is 43.6 Å². The molecule has 0 spiro atoms. The second-order valence-corrected chi connectivity index (χ2v) is 5.50. The molecule has 0 saturated carbocycles. The lowest BCUT2D eigenvalue weighted by Crippen LogP contribution is -2.22. The van der Waals surface area contributed by atoms with Gasteiger partial charge in [-0.25, -0.2) is 0 Å². The molecule has 0 aliphatic rings. The first-order chi connectivity index (χ1) is 12.6. The number of carbonyl (C=O) groups is 1. The third-order valence-corrected chi connectivity index (χ3v) is 3.63. The van der Waals surface area contributed by atoms with E-state index < -0.39 is 12.5 Å². The summed E-state index contributed by atoms with van der Waals surface area (Å²) in [5, 5.41) is 0. The van der Waals surface area contributed by atoms with Crippen molar-refractivity contribution in [2.75, 3.05) is 0 Å². The highest BCUT2D eigenvalue weighted by Crippen LogP contribution is 2.16. The predicted molar refractivity (Wildman–Crippen MR) is 92.9 cm³/mol. The Balaban J connectivity index is 1.89. The van der Waals surface area contributed by atoms with Crippen LogP contribution in [0.1, 0.15) is 15.9 Å². The van der Waals surface area contributed by atoms with Gasteiger partial charge in [-0.1, -0.05) is 42.5 Å². The minimum Gasteiger partial charge on any atom is -0.435 e. The van der Waals surface area contributed by atoms with E-state index in [0.717, 1.165) is 5.56 Å². The van der Waals surface area contributed by atoms with Crippen LogP contribution in [0.4, 0.5) is 8.78 Å². The molecule has 3 rings (SSSR count). The molecular formula is C20H16F2N2O2. The normalized spacial score (nSPS) is 11.6. The highest BCUT2D eigenvalue weighted by molar-refractivity contribution is 5.95. The number of benzene rings is 2. The van der Waals surface area contributed by atoms with Crippen molar-refractivity contribution < 1.29 is 18.3 Å². The van der Waals surface area contributed by atoms with Crippen molar-refractivity contribution in [2.45, 2.75) is 13.2 Å². The lowest BCUT2D eigenvalue weighted by Gasteiger charge is -2.08. The summed E-state index contributed by atoms with van der Waals surface area (Å²) in [5.41, 5.74) is 1.72. The van der Waals surface area contributed by atoms with Gasteiger partial charge in [0.1, 0.15) is 11.2 Å². The Morgan fingerprint density at radius 1 is 1.00 bits per heavy atom. The van der Waals surface area contributed by atoms with E-state index >= 15 is 0 Å². The lowest BCUT2D eigenvalue weighted by atomic mass is 10.2. The number of amides is 1. The molecule has 3 aromatic rings. The summed E-state index contributed by atoms with van der Waals surface area (Å²) in [6, 6.07) is 20.7. The highest BCUT2D eigenvalue weighted by Gasteiger charge is 2.09. The van der Waals surface area contributed by atoms with Crippen LogP contribution in [0.5, 0.6) is 5.75 Å². The van der Waals surface area contributed by atoms with Gasteiger partial charge in [-0.15, -0.1) is 0 Å². The lowest BCUT2D eigenvalue weighted by molar-refractivity contribution is -0.0498. The van der Waals surface area contributed by atoms with Crippen LogP contribution < -0.4 is 10.2 Å². The van der Waals surface area contributed by atoms with Crippen molar-refractivity contribution in [3.63, 3.8) is 0 Å². The molecule has 0 atom stereocenters. The molecule has 0 fully saturated rings. The third-order valence-electron chi connectivity index (χ3n) is 3.63. The van der Waals surface area contributed by atoms with Gasteiger partial charge >= 0.3 is 6.61 Å². The number of carbonyl (C=O) groups excluding carboxylic acids is 1. The molecule has 0 aliphatic carbocycles. The zero-order valence-corrected chi connectivity index (χ0v) is 13.8. The molecule has 4 nitrogen and oxygen atoms in total. The molecule has 0 saturated heterocycles. The number of halogens is 2. The van der Waals surface area contributed by atoms with Crippen LogP contribution in [0.3, 0.4) is 0 Å². The molecule has 6 heteroatoms. The van der Waals surface area contributed by atoms with Crippen LogP contribution in [0.2, 0.25) is 0 Å². The van der Waals surface area contributed by atoms with Crippen LogP contribution >= 0.6 is 0 Å². The standard InChI is InChI=1S/C20H16F2N2O2/c21-20(22)26-17-10-6-9-16(13-17)19(25)23-18-11-4-5-12-24(18)14-15-7-2-1-3-8-15/h1-13,20H,14H2. The van der Waals surface area contributed by atoms with E-state index in [1.54, 1.807) is 12.1 Å². The molecular weight excluding hydrogens is 338 g/mol. The second kappa shape index (κ2) is 8.20. The Morgan fingerprint density at radius 2 is 1.77 bits per heavy atom. The zero-order chi connectivity index (χ0) is 18.4. The Labute approximate surface area is 149 Å². The summed E-state index contributed by atoms with van der Waals surface area (Å²) < 4.78 is 30.8. The van der Waals surface area contributed by atoms with E-state index in [0.29, 0.717) is 12.0 Å². The van der Waals surface area contributed by atoms with E-state index in [2.05, 4.69) is 9.73 Å². The van der Waals surface area contributed by atoms with Gasteiger partial charge in [0.15, 0.2) is 0 Å². The van der Waals surface area contributed by atoms with Crippen molar-refractivity contribution in [3.8, 4) is 5.75 Å². The average molecular weight is 354 g/mol. The molecule has 132 valence electrons. The highest BCUT2D eigenvalue weighted by atomic mass is 19.3. The molecule has 0 bridgehead atoms. The maximum atomic E-state index is 12.4. The maximum absolute atomic E-state index is 12.4. The molecule has 1 heterocycles. The fourth-order valence-corrected chi connectivity index (χ4v) is 2.46. The summed E-state index contributed by atoms with van der Waals surface area (Å²) in [4.78, 5) is 16.6. The van der Waals surface area contributed by atoms with Crippen molar-refractivity contribution in [2.24, 2.45) is 4.99 Å². The fourth-order valence-electron chi connectivity index (χ4n) is 2.46. The maximum Gasteiger partial charge on any atom is 0.387 e. The van der Waals surface area contributed by atoms with Crippen molar-refractivity contribution in [1.29, 1.82) is 0 Å². The molecule has 0 radical (unpaired) electrons. The van der Waals surface area contributed by atoms with Gasteiger partial charge in [-0.3, -0.25) is 4.79 Å².